The van der Waals surface area contributed by atoms with Gasteiger partial charge in [0.15, 0.2) is 11.6 Å². The highest BCUT2D eigenvalue weighted by Crippen LogP contribution is 2.62. The number of hydrogen-bond acceptors (Lipinski definition) is 14. The number of carbonyl (C=O) groups is 2. The third-order valence-electron chi connectivity index (χ3n) is 9.86. The fourth-order valence-corrected chi connectivity index (χ4v) is 10.2. The molecule has 2 saturated heterocycles. The van der Waals surface area contributed by atoms with Crippen LogP contribution in [0.15, 0.2) is 12.1 Å². The Labute approximate surface area is 342 Å². The zero-order chi connectivity index (χ0) is 42.0. The van der Waals surface area contributed by atoms with E-state index >= 15 is 0 Å². The summed E-state index contributed by atoms with van der Waals surface area (Å²) in [6.45, 7) is 20.1. The molecular formula is C38H62ClN4O12PSi. The van der Waals surface area contributed by atoms with Crippen molar-refractivity contribution in [1.29, 1.82) is 0 Å². The van der Waals surface area contributed by atoms with Crippen LogP contribution >= 0.6 is 19.2 Å². The number of halogens is 1. The SMILES string of the molecule is CCOC(=O)C(COCC[Si](C)(C)C)(OC[C@H]1O[C@H](c2ccc3c(N(C(=O)OC(C)(C)C)C4CCCC4)nc(Cl)nn23)[C@@H]2OC(C)(C)O[C@@H]21)P(=O)(OCC)OCC. The topological polar surface area (TPSA) is 168 Å². The maximum Gasteiger partial charge on any atom is 0.416 e. The van der Waals surface area contributed by atoms with E-state index < -0.39 is 75.5 Å². The molecule has 2 aromatic heterocycles. The van der Waals surface area contributed by atoms with Gasteiger partial charge in [-0.3, -0.25) is 9.46 Å². The van der Waals surface area contributed by atoms with Crippen LogP contribution in [0.2, 0.25) is 31.0 Å². The highest BCUT2D eigenvalue weighted by atomic mass is 35.5. The van der Waals surface area contributed by atoms with Crippen molar-refractivity contribution >= 4 is 50.7 Å². The van der Waals surface area contributed by atoms with Crippen molar-refractivity contribution in [3.8, 4) is 0 Å². The minimum Gasteiger partial charge on any atom is -0.463 e. The Morgan fingerprint density at radius 3 is 2.28 bits per heavy atom. The second-order valence-corrected chi connectivity index (χ2v) is 25.4. The van der Waals surface area contributed by atoms with Crippen LogP contribution in [0.1, 0.15) is 92.9 Å². The van der Waals surface area contributed by atoms with Crippen LogP contribution in [-0.2, 0) is 51.6 Å². The summed E-state index contributed by atoms with van der Waals surface area (Å²) in [5.41, 5.74) is 0.316. The van der Waals surface area contributed by atoms with E-state index in [2.05, 4.69) is 29.7 Å². The number of hydrogen-bond donors (Lipinski definition) is 0. The summed E-state index contributed by atoms with van der Waals surface area (Å²) in [6.07, 6.45) is -0.0872. The third kappa shape index (κ3) is 10.4. The lowest BCUT2D eigenvalue weighted by atomic mass is 10.1. The molecule has 1 saturated carbocycles. The van der Waals surface area contributed by atoms with Gasteiger partial charge in [0.1, 0.15) is 35.5 Å². The summed E-state index contributed by atoms with van der Waals surface area (Å²) >= 11 is 6.62. The second kappa shape index (κ2) is 18.2. The van der Waals surface area contributed by atoms with Gasteiger partial charge in [0, 0.05) is 20.7 Å². The highest BCUT2D eigenvalue weighted by Gasteiger charge is 2.63. The number of rotatable bonds is 18. The number of aromatic nitrogens is 3. The second-order valence-electron chi connectivity index (χ2n) is 17.2. The number of anilines is 1. The Hall–Kier alpha value is -2.18. The molecule has 5 rings (SSSR count). The summed E-state index contributed by atoms with van der Waals surface area (Å²) < 4.78 is 71.3. The molecule has 1 aliphatic carbocycles. The standard InChI is InChI=1S/C38H62ClN4O12PSi/c1-12-48-33(44)38(24-47-21-22-57(9,10)11,56(46,50-13-2)51-14-3)49-23-28-30-31(54-37(7,8)53-30)29(52-28)26-19-20-27-32(40-34(39)41-43(26)27)42(25-17-15-16-18-25)35(45)55-36(4,5)6/h19-20,25,28-31H,12-18,21-24H2,1-11H3/t28-,29-,30-,31+,38?/m1/s1. The molecule has 1 unspecified atom stereocenters. The van der Waals surface area contributed by atoms with Crippen molar-refractivity contribution in [3.05, 3.63) is 23.1 Å². The minimum absolute atomic E-state index is 0.0191. The van der Waals surface area contributed by atoms with Crippen molar-refractivity contribution in [2.75, 3.05) is 44.5 Å². The van der Waals surface area contributed by atoms with Crippen molar-refractivity contribution in [2.24, 2.45) is 0 Å². The molecule has 0 N–H and O–H groups in total. The van der Waals surface area contributed by atoms with Crippen LogP contribution in [0.5, 0.6) is 0 Å². The normalized spacial score (nSPS) is 23.8. The van der Waals surface area contributed by atoms with E-state index in [4.69, 9.17) is 53.8 Å². The monoisotopic (exact) mass is 860 g/mol. The lowest BCUT2D eigenvalue weighted by Gasteiger charge is -2.37. The van der Waals surface area contributed by atoms with E-state index in [0.29, 0.717) is 23.6 Å². The van der Waals surface area contributed by atoms with E-state index in [1.54, 1.807) is 50.1 Å². The summed E-state index contributed by atoms with van der Waals surface area (Å²) in [7, 11) is -5.94. The van der Waals surface area contributed by atoms with E-state index in [9.17, 15) is 14.2 Å². The maximum atomic E-state index is 14.7. The molecule has 0 spiro atoms. The lowest BCUT2D eigenvalue weighted by Crippen LogP contribution is -2.50. The summed E-state index contributed by atoms with van der Waals surface area (Å²) in [5.74, 6) is -1.65. The molecule has 0 radical (unpaired) electrons. The smallest absolute Gasteiger partial charge is 0.416 e. The van der Waals surface area contributed by atoms with Gasteiger partial charge < -0.3 is 42.2 Å². The van der Waals surface area contributed by atoms with Gasteiger partial charge in [-0.15, -0.1) is 5.10 Å². The molecule has 3 aliphatic rings. The van der Waals surface area contributed by atoms with Crippen LogP contribution in [0, 0.1) is 0 Å². The number of esters is 1. The van der Waals surface area contributed by atoms with Crippen molar-refractivity contribution in [3.63, 3.8) is 0 Å². The molecule has 2 aliphatic heterocycles. The Balaban J connectivity index is 1.52. The quantitative estimate of drug-likeness (QED) is 0.0613. The zero-order valence-electron chi connectivity index (χ0n) is 35.3. The van der Waals surface area contributed by atoms with Crippen molar-refractivity contribution < 1.29 is 56.4 Å². The zero-order valence-corrected chi connectivity index (χ0v) is 38.0. The summed E-state index contributed by atoms with van der Waals surface area (Å²) in [6, 6.07) is 4.27. The Morgan fingerprint density at radius 1 is 1.04 bits per heavy atom. The predicted octanol–water partition coefficient (Wildman–Crippen LogP) is 7.92. The Bertz CT molecular complexity index is 1750. The van der Waals surface area contributed by atoms with Crippen LogP contribution in [0.4, 0.5) is 10.6 Å². The van der Waals surface area contributed by atoms with Gasteiger partial charge in [-0.2, -0.15) is 4.98 Å². The largest absolute Gasteiger partial charge is 0.463 e. The van der Waals surface area contributed by atoms with Gasteiger partial charge >= 0.3 is 19.7 Å². The molecule has 5 atom stereocenters. The van der Waals surface area contributed by atoms with Crippen molar-refractivity contribution in [1.82, 2.24) is 14.6 Å². The fraction of sp³-hybridized carbons (Fsp3) is 0.789. The molecule has 322 valence electrons. The van der Waals surface area contributed by atoms with Crippen LogP contribution in [-0.4, -0.2) is 115 Å². The number of amides is 1. The van der Waals surface area contributed by atoms with Gasteiger partial charge in [-0.25, -0.2) is 14.1 Å². The van der Waals surface area contributed by atoms with Gasteiger partial charge in [0.2, 0.25) is 5.28 Å². The number of ether oxygens (including phenoxy) is 7. The van der Waals surface area contributed by atoms with E-state index in [-0.39, 0.29) is 37.8 Å². The molecule has 0 aromatic carbocycles. The average molecular weight is 861 g/mol. The number of fused-ring (bicyclic) bond motifs is 2. The molecule has 0 bridgehead atoms. The molecule has 1 amide bonds. The molecule has 2 aromatic rings. The predicted molar refractivity (Wildman–Crippen MR) is 216 cm³/mol. The summed E-state index contributed by atoms with van der Waals surface area (Å²) in [4.78, 5) is 34.0. The number of carbonyl (C=O) groups excluding carboxylic acids is 2. The molecule has 3 fully saturated rings. The van der Waals surface area contributed by atoms with Crippen LogP contribution < -0.4 is 4.90 Å². The lowest BCUT2D eigenvalue weighted by molar-refractivity contribution is -0.202. The molecule has 57 heavy (non-hydrogen) atoms. The van der Waals surface area contributed by atoms with Gasteiger partial charge in [0.05, 0.1) is 38.7 Å². The molecular weight excluding hydrogens is 799 g/mol. The van der Waals surface area contributed by atoms with Gasteiger partial charge in [-0.1, -0.05) is 32.5 Å². The van der Waals surface area contributed by atoms with Crippen molar-refractivity contribution in [2.45, 2.75) is 154 Å². The first kappa shape index (κ1) is 45.9. The van der Waals surface area contributed by atoms with E-state index in [1.807, 2.05) is 26.8 Å². The number of nitrogens with zero attached hydrogens (tertiary/aromatic N) is 4. The molecule has 4 heterocycles. The van der Waals surface area contributed by atoms with Crippen LogP contribution in [0.25, 0.3) is 5.52 Å². The first-order chi connectivity index (χ1) is 26.7. The Morgan fingerprint density at radius 2 is 1.68 bits per heavy atom. The highest BCUT2D eigenvalue weighted by molar-refractivity contribution is 7.56. The first-order valence-electron chi connectivity index (χ1n) is 20.0. The van der Waals surface area contributed by atoms with E-state index in [1.165, 1.54) is 0 Å². The fourth-order valence-electron chi connectivity index (χ4n) is 7.37. The molecule has 16 nitrogen and oxygen atoms in total. The minimum atomic E-state index is -4.40. The van der Waals surface area contributed by atoms with Gasteiger partial charge in [0.25, 0.3) is 5.34 Å². The summed E-state index contributed by atoms with van der Waals surface area (Å²) in [5, 5.41) is 2.18. The maximum absolute atomic E-state index is 14.7. The van der Waals surface area contributed by atoms with E-state index in [0.717, 1.165) is 31.7 Å². The molecule has 19 heteroatoms. The first-order valence-corrected chi connectivity index (χ1v) is 25.7. The average Bonchev–Trinajstić information content (AvgIpc) is 3.88. The van der Waals surface area contributed by atoms with Crippen LogP contribution in [0.3, 0.4) is 0 Å². The third-order valence-corrected chi connectivity index (χ3v) is 14.2. The van der Waals surface area contributed by atoms with Gasteiger partial charge in [-0.05, 0) is 98.0 Å². The Kier molecular flexibility index (Phi) is 14.7.